The van der Waals surface area contributed by atoms with Gasteiger partial charge in [0, 0.05) is 28.9 Å². The number of hydrogen-bond acceptors (Lipinski definition) is 4. The van der Waals surface area contributed by atoms with Gasteiger partial charge in [-0.15, -0.1) is 11.3 Å². The molecule has 0 aromatic carbocycles. The lowest BCUT2D eigenvalue weighted by Crippen LogP contribution is -2.12. The van der Waals surface area contributed by atoms with E-state index in [4.69, 9.17) is 4.52 Å². The summed E-state index contributed by atoms with van der Waals surface area (Å²) in [6, 6.07) is 4.11. The Balaban J connectivity index is 1.86. The number of aromatic nitrogens is 1. The third-order valence-corrected chi connectivity index (χ3v) is 3.26. The van der Waals surface area contributed by atoms with Crippen molar-refractivity contribution in [2.75, 3.05) is 0 Å². The minimum absolute atomic E-state index is 0.755. The van der Waals surface area contributed by atoms with Crippen molar-refractivity contribution in [1.82, 2.24) is 10.5 Å². The van der Waals surface area contributed by atoms with E-state index < -0.39 is 0 Å². The van der Waals surface area contributed by atoms with E-state index in [1.165, 1.54) is 15.3 Å². The van der Waals surface area contributed by atoms with E-state index >= 15 is 0 Å². The van der Waals surface area contributed by atoms with Crippen LogP contribution in [-0.2, 0) is 13.1 Å². The van der Waals surface area contributed by atoms with Crippen LogP contribution in [0.25, 0.3) is 0 Å². The number of hydrogen-bond donors (Lipinski definition) is 1. The molecular formula is C11H14N2OS. The molecule has 2 rings (SSSR count). The van der Waals surface area contributed by atoms with Crippen molar-refractivity contribution >= 4 is 11.3 Å². The Hall–Kier alpha value is -1.13. The van der Waals surface area contributed by atoms with Crippen LogP contribution in [0.2, 0.25) is 0 Å². The van der Waals surface area contributed by atoms with Crippen molar-refractivity contribution < 1.29 is 4.52 Å². The van der Waals surface area contributed by atoms with Gasteiger partial charge in [0.25, 0.3) is 0 Å². The average molecular weight is 222 g/mol. The monoisotopic (exact) mass is 222 g/mol. The van der Waals surface area contributed by atoms with Crippen molar-refractivity contribution in [2.24, 2.45) is 0 Å². The molecule has 2 aromatic heterocycles. The van der Waals surface area contributed by atoms with Gasteiger partial charge in [-0.2, -0.15) is 0 Å². The fourth-order valence-electron chi connectivity index (χ4n) is 1.51. The van der Waals surface area contributed by atoms with Crippen LogP contribution in [0, 0.1) is 13.8 Å². The van der Waals surface area contributed by atoms with Crippen molar-refractivity contribution in [2.45, 2.75) is 26.9 Å². The summed E-state index contributed by atoms with van der Waals surface area (Å²) in [4.78, 5) is 2.76. The van der Waals surface area contributed by atoms with Gasteiger partial charge >= 0.3 is 0 Å². The zero-order valence-electron chi connectivity index (χ0n) is 8.91. The molecule has 0 radical (unpaired) electrons. The van der Waals surface area contributed by atoms with E-state index in [1.807, 2.05) is 17.4 Å². The summed E-state index contributed by atoms with van der Waals surface area (Å²) in [5.74, 6) is 0. The molecule has 15 heavy (non-hydrogen) atoms. The van der Waals surface area contributed by atoms with Crippen molar-refractivity contribution in [3.8, 4) is 0 Å². The van der Waals surface area contributed by atoms with Crippen LogP contribution in [0.4, 0.5) is 0 Å². The molecule has 1 N–H and O–H groups in total. The van der Waals surface area contributed by atoms with E-state index in [1.54, 1.807) is 6.26 Å². The smallest absolute Gasteiger partial charge is 0.124 e. The Labute approximate surface area is 93.1 Å². The summed E-state index contributed by atoms with van der Waals surface area (Å²) in [6.07, 6.45) is 1.59. The first-order valence-corrected chi connectivity index (χ1v) is 5.73. The second-order valence-corrected chi connectivity index (χ2v) is 4.99. The number of nitrogens with one attached hydrogen (secondary N) is 1. The molecule has 3 nitrogen and oxygen atoms in total. The van der Waals surface area contributed by atoms with Gasteiger partial charge in [0.05, 0.1) is 5.69 Å². The van der Waals surface area contributed by atoms with E-state index in [0.717, 1.165) is 18.8 Å². The van der Waals surface area contributed by atoms with Gasteiger partial charge in [-0.05, 0) is 25.5 Å². The SMILES string of the molecule is Cc1cc(CNCc2ccon2)c(C)s1. The fraction of sp³-hybridized carbons (Fsp3) is 0.364. The number of nitrogens with zero attached hydrogens (tertiary/aromatic N) is 1. The summed E-state index contributed by atoms with van der Waals surface area (Å²) in [7, 11) is 0. The van der Waals surface area contributed by atoms with Crippen LogP contribution in [0.5, 0.6) is 0 Å². The van der Waals surface area contributed by atoms with E-state index in [0.29, 0.717) is 0 Å². The molecule has 0 saturated carbocycles. The summed E-state index contributed by atoms with van der Waals surface area (Å²) in [6.45, 7) is 5.94. The second-order valence-electron chi connectivity index (χ2n) is 3.53. The summed E-state index contributed by atoms with van der Waals surface area (Å²) < 4.78 is 4.76. The maximum atomic E-state index is 4.76. The standard InChI is InChI=1S/C11H14N2OS/c1-8-5-10(9(2)15-8)6-12-7-11-3-4-14-13-11/h3-5,12H,6-7H2,1-2H3. The molecule has 2 heterocycles. The summed E-state index contributed by atoms with van der Waals surface area (Å²) in [5, 5.41) is 7.18. The van der Waals surface area contributed by atoms with Crippen LogP contribution < -0.4 is 5.32 Å². The first-order chi connectivity index (χ1) is 7.25. The van der Waals surface area contributed by atoms with Gasteiger partial charge in [0.2, 0.25) is 0 Å². The summed E-state index contributed by atoms with van der Waals surface area (Å²) >= 11 is 1.84. The van der Waals surface area contributed by atoms with Crippen LogP contribution in [-0.4, -0.2) is 5.16 Å². The molecular weight excluding hydrogens is 208 g/mol. The molecule has 0 spiro atoms. The lowest BCUT2D eigenvalue weighted by molar-refractivity contribution is 0.408. The zero-order valence-corrected chi connectivity index (χ0v) is 9.73. The molecule has 2 aromatic rings. The normalized spacial score (nSPS) is 10.8. The molecule has 0 aliphatic heterocycles. The molecule has 0 amide bonds. The highest BCUT2D eigenvalue weighted by Crippen LogP contribution is 2.20. The lowest BCUT2D eigenvalue weighted by atomic mass is 10.2. The van der Waals surface area contributed by atoms with Gasteiger partial charge in [-0.25, -0.2) is 0 Å². The fourth-order valence-corrected chi connectivity index (χ4v) is 2.46. The van der Waals surface area contributed by atoms with Crippen molar-refractivity contribution in [1.29, 1.82) is 0 Å². The van der Waals surface area contributed by atoms with Crippen LogP contribution in [0.3, 0.4) is 0 Å². The Morgan fingerprint density at radius 1 is 1.40 bits per heavy atom. The van der Waals surface area contributed by atoms with Gasteiger partial charge < -0.3 is 9.84 Å². The van der Waals surface area contributed by atoms with Gasteiger partial charge in [0.1, 0.15) is 6.26 Å². The maximum absolute atomic E-state index is 4.76. The van der Waals surface area contributed by atoms with E-state index in [2.05, 4.69) is 30.4 Å². The Kier molecular flexibility index (Phi) is 3.18. The highest BCUT2D eigenvalue weighted by molar-refractivity contribution is 7.12. The molecule has 4 heteroatoms. The Bertz CT molecular complexity index is 420. The highest BCUT2D eigenvalue weighted by atomic mass is 32.1. The van der Waals surface area contributed by atoms with Crippen molar-refractivity contribution in [3.63, 3.8) is 0 Å². The zero-order chi connectivity index (χ0) is 10.7. The number of aryl methyl sites for hydroxylation is 2. The van der Waals surface area contributed by atoms with Crippen LogP contribution in [0.15, 0.2) is 22.9 Å². The molecule has 0 atom stereocenters. The average Bonchev–Trinajstić information content (AvgIpc) is 2.77. The third kappa shape index (κ3) is 2.67. The van der Waals surface area contributed by atoms with Gasteiger partial charge in [-0.1, -0.05) is 5.16 Å². The van der Waals surface area contributed by atoms with Crippen molar-refractivity contribution in [3.05, 3.63) is 39.4 Å². The quantitative estimate of drug-likeness (QED) is 0.864. The largest absolute Gasteiger partial charge is 0.364 e. The molecule has 80 valence electrons. The minimum Gasteiger partial charge on any atom is -0.364 e. The Morgan fingerprint density at radius 3 is 2.87 bits per heavy atom. The summed E-state index contributed by atoms with van der Waals surface area (Å²) in [5.41, 5.74) is 2.32. The highest BCUT2D eigenvalue weighted by Gasteiger charge is 2.02. The lowest BCUT2D eigenvalue weighted by Gasteiger charge is -2.01. The van der Waals surface area contributed by atoms with E-state index in [9.17, 15) is 0 Å². The van der Waals surface area contributed by atoms with Crippen LogP contribution >= 0.6 is 11.3 Å². The first kappa shape index (κ1) is 10.4. The minimum atomic E-state index is 0.755. The molecule has 0 aliphatic carbocycles. The second kappa shape index (κ2) is 4.59. The predicted molar refractivity (Wildman–Crippen MR) is 60.8 cm³/mol. The van der Waals surface area contributed by atoms with Gasteiger partial charge in [-0.3, -0.25) is 0 Å². The molecule has 0 bridgehead atoms. The predicted octanol–water partition coefficient (Wildman–Crippen LogP) is 2.64. The number of rotatable bonds is 4. The molecule has 0 saturated heterocycles. The molecule has 0 aliphatic rings. The molecule has 0 unspecified atom stereocenters. The number of thiophene rings is 1. The van der Waals surface area contributed by atoms with Gasteiger partial charge in [0.15, 0.2) is 0 Å². The first-order valence-electron chi connectivity index (χ1n) is 4.91. The maximum Gasteiger partial charge on any atom is 0.124 e. The third-order valence-electron chi connectivity index (χ3n) is 2.26. The van der Waals surface area contributed by atoms with Crippen LogP contribution in [0.1, 0.15) is 21.0 Å². The topological polar surface area (TPSA) is 38.1 Å². The molecule has 0 fully saturated rings. The van der Waals surface area contributed by atoms with E-state index in [-0.39, 0.29) is 0 Å². The Morgan fingerprint density at radius 2 is 2.27 bits per heavy atom.